The van der Waals surface area contributed by atoms with Crippen molar-refractivity contribution in [3.63, 3.8) is 0 Å². The standard InChI is InChI=1S/C16H26N2O/c1-15(16-5-3-2-4-6-16)7-8-17-9-11-18(12-10-17)13-14-19/h2-6,15,19H,7-14H2,1H3/t15-/m1/s1. The summed E-state index contributed by atoms with van der Waals surface area (Å²) >= 11 is 0. The molecule has 19 heavy (non-hydrogen) atoms. The van der Waals surface area contributed by atoms with E-state index >= 15 is 0 Å². The molecule has 1 atom stereocenters. The van der Waals surface area contributed by atoms with Crippen LogP contribution in [-0.2, 0) is 0 Å². The molecule has 1 fully saturated rings. The van der Waals surface area contributed by atoms with Crippen LogP contribution < -0.4 is 0 Å². The van der Waals surface area contributed by atoms with Crippen LogP contribution in [-0.4, -0.2) is 60.8 Å². The second kappa shape index (κ2) is 7.63. The zero-order chi connectivity index (χ0) is 13.5. The van der Waals surface area contributed by atoms with Gasteiger partial charge in [0.15, 0.2) is 0 Å². The summed E-state index contributed by atoms with van der Waals surface area (Å²) in [6, 6.07) is 10.8. The number of hydrogen-bond donors (Lipinski definition) is 1. The van der Waals surface area contributed by atoms with Gasteiger partial charge >= 0.3 is 0 Å². The Morgan fingerprint density at radius 2 is 1.58 bits per heavy atom. The number of hydrogen-bond acceptors (Lipinski definition) is 3. The minimum absolute atomic E-state index is 0.283. The number of rotatable bonds is 6. The molecule has 0 saturated carbocycles. The molecule has 3 nitrogen and oxygen atoms in total. The number of aliphatic hydroxyl groups is 1. The van der Waals surface area contributed by atoms with E-state index in [4.69, 9.17) is 5.11 Å². The molecule has 3 heteroatoms. The third-order valence-corrected chi connectivity index (χ3v) is 4.13. The number of benzene rings is 1. The van der Waals surface area contributed by atoms with Crippen LogP contribution in [0.25, 0.3) is 0 Å². The van der Waals surface area contributed by atoms with Gasteiger partial charge in [0.2, 0.25) is 0 Å². The van der Waals surface area contributed by atoms with Crippen molar-refractivity contribution in [3.8, 4) is 0 Å². The molecule has 1 aliphatic heterocycles. The molecule has 0 bridgehead atoms. The summed E-state index contributed by atoms with van der Waals surface area (Å²) in [6.45, 7) is 9.09. The van der Waals surface area contributed by atoms with Crippen LogP contribution in [0.2, 0.25) is 0 Å². The first-order valence-corrected chi connectivity index (χ1v) is 7.40. The first-order valence-electron chi connectivity index (χ1n) is 7.40. The summed E-state index contributed by atoms with van der Waals surface area (Å²) < 4.78 is 0. The third kappa shape index (κ3) is 4.60. The summed E-state index contributed by atoms with van der Waals surface area (Å²) in [6.07, 6.45) is 1.23. The largest absolute Gasteiger partial charge is 0.395 e. The lowest BCUT2D eigenvalue weighted by Crippen LogP contribution is -2.47. The number of nitrogens with zero attached hydrogens (tertiary/aromatic N) is 2. The smallest absolute Gasteiger partial charge is 0.0558 e. The van der Waals surface area contributed by atoms with Crippen molar-refractivity contribution in [2.45, 2.75) is 19.3 Å². The Hall–Kier alpha value is -0.900. The molecule has 2 rings (SSSR count). The highest BCUT2D eigenvalue weighted by molar-refractivity contribution is 5.18. The molecule has 0 aromatic heterocycles. The zero-order valence-corrected chi connectivity index (χ0v) is 12.0. The molecule has 1 N–H and O–H groups in total. The summed E-state index contributed by atoms with van der Waals surface area (Å²) in [7, 11) is 0. The lowest BCUT2D eigenvalue weighted by molar-refractivity contribution is 0.111. The summed E-state index contributed by atoms with van der Waals surface area (Å²) in [5.41, 5.74) is 1.45. The number of β-amino-alcohol motifs (C(OH)–C–C–N with tert-alkyl or cyclic N) is 1. The maximum Gasteiger partial charge on any atom is 0.0558 e. The van der Waals surface area contributed by atoms with Gasteiger partial charge in [0.05, 0.1) is 6.61 Å². The molecule has 1 aliphatic rings. The maximum atomic E-state index is 8.93. The van der Waals surface area contributed by atoms with E-state index in [1.807, 2.05) is 0 Å². The van der Waals surface area contributed by atoms with E-state index in [1.54, 1.807) is 0 Å². The molecular weight excluding hydrogens is 236 g/mol. The van der Waals surface area contributed by atoms with Crippen molar-refractivity contribution in [1.82, 2.24) is 9.80 Å². The van der Waals surface area contributed by atoms with Crippen LogP contribution in [0.15, 0.2) is 30.3 Å². The monoisotopic (exact) mass is 262 g/mol. The summed E-state index contributed by atoms with van der Waals surface area (Å²) in [5.74, 6) is 0.636. The Labute approximate surface area is 116 Å². The van der Waals surface area contributed by atoms with Crippen molar-refractivity contribution in [3.05, 3.63) is 35.9 Å². The van der Waals surface area contributed by atoms with E-state index in [2.05, 4.69) is 47.1 Å². The van der Waals surface area contributed by atoms with Crippen molar-refractivity contribution < 1.29 is 5.11 Å². The summed E-state index contributed by atoms with van der Waals surface area (Å²) in [4.78, 5) is 4.89. The molecule has 0 amide bonds. The van der Waals surface area contributed by atoms with Crippen LogP contribution in [0.5, 0.6) is 0 Å². The maximum absolute atomic E-state index is 8.93. The number of piperazine rings is 1. The average molecular weight is 262 g/mol. The lowest BCUT2D eigenvalue weighted by atomic mass is 9.97. The molecule has 1 aromatic carbocycles. The van der Waals surface area contributed by atoms with Gasteiger partial charge in [0.1, 0.15) is 0 Å². The van der Waals surface area contributed by atoms with E-state index in [9.17, 15) is 0 Å². The lowest BCUT2D eigenvalue weighted by Gasteiger charge is -2.34. The highest BCUT2D eigenvalue weighted by Gasteiger charge is 2.16. The topological polar surface area (TPSA) is 26.7 Å². The van der Waals surface area contributed by atoms with Gasteiger partial charge in [-0.05, 0) is 24.4 Å². The van der Waals surface area contributed by atoms with Crippen molar-refractivity contribution in [2.24, 2.45) is 0 Å². The fraction of sp³-hybridized carbons (Fsp3) is 0.625. The molecule has 1 saturated heterocycles. The molecule has 0 radical (unpaired) electrons. The van der Waals surface area contributed by atoms with Gasteiger partial charge in [-0.3, -0.25) is 4.90 Å². The molecule has 1 aromatic rings. The highest BCUT2D eigenvalue weighted by atomic mass is 16.3. The molecule has 0 unspecified atom stereocenters. The number of aliphatic hydroxyl groups excluding tert-OH is 1. The Morgan fingerprint density at radius 1 is 1.00 bits per heavy atom. The zero-order valence-electron chi connectivity index (χ0n) is 12.0. The normalized spacial score (nSPS) is 19.5. The van der Waals surface area contributed by atoms with Gasteiger partial charge < -0.3 is 10.0 Å². The first kappa shape index (κ1) is 14.5. The van der Waals surface area contributed by atoms with Crippen molar-refractivity contribution in [1.29, 1.82) is 0 Å². The Balaban J connectivity index is 1.69. The summed E-state index contributed by atoms with van der Waals surface area (Å²) in [5, 5.41) is 8.93. The van der Waals surface area contributed by atoms with Gasteiger partial charge in [0, 0.05) is 32.7 Å². The van der Waals surface area contributed by atoms with Crippen molar-refractivity contribution >= 4 is 0 Å². The predicted molar refractivity (Wildman–Crippen MR) is 79.4 cm³/mol. The van der Waals surface area contributed by atoms with Crippen LogP contribution >= 0.6 is 0 Å². The molecular formula is C16H26N2O. The van der Waals surface area contributed by atoms with E-state index in [1.165, 1.54) is 18.5 Å². The average Bonchev–Trinajstić information content (AvgIpc) is 2.47. The predicted octanol–water partition coefficient (Wildman–Crippen LogP) is 1.79. The van der Waals surface area contributed by atoms with Crippen LogP contribution in [0.3, 0.4) is 0 Å². The van der Waals surface area contributed by atoms with Gasteiger partial charge in [-0.25, -0.2) is 0 Å². The van der Waals surface area contributed by atoms with Crippen LogP contribution in [0, 0.1) is 0 Å². The van der Waals surface area contributed by atoms with Gasteiger partial charge in [-0.1, -0.05) is 37.3 Å². The van der Waals surface area contributed by atoms with E-state index in [-0.39, 0.29) is 6.61 Å². The van der Waals surface area contributed by atoms with Gasteiger partial charge in [-0.15, -0.1) is 0 Å². The van der Waals surface area contributed by atoms with E-state index in [0.717, 1.165) is 32.7 Å². The van der Waals surface area contributed by atoms with Crippen LogP contribution in [0.4, 0.5) is 0 Å². The molecule has 1 heterocycles. The molecule has 106 valence electrons. The van der Waals surface area contributed by atoms with Crippen molar-refractivity contribution in [2.75, 3.05) is 45.9 Å². The highest BCUT2D eigenvalue weighted by Crippen LogP contribution is 2.19. The minimum atomic E-state index is 0.283. The Kier molecular flexibility index (Phi) is 5.83. The van der Waals surface area contributed by atoms with Gasteiger partial charge in [0.25, 0.3) is 0 Å². The molecule has 0 spiro atoms. The van der Waals surface area contributed by atoms with Crippen LogP contribution in [0.1, 0.15) is 24.8 Å². The Morgan fingerprint density at radius 3 is 2.16 bits per heavy atom. The Bertz CT molecular complexity index is 347. The first-order chi connectivity index (χ1) is 9.29. The fourth-order valence-electron chi connectivity index (χ4n) is 2.70. The minimum Gasteiger partial charge on any atom is -0.395 e. The second-order valence-electron chi connectivity index (χ2n) is 5.51. The second-order valence-corrected chi connectivity index (χ2v) is 5.51. The third-order valence-electron chi connectivity index (χ3n) is 4.13. The van der Waals surface area contributed by atoms with E-state index in [0.29, 0.717) is 5.92 Å². The molecule has 0 aliphatic carbocycles. The van der Waals surface area contributed by atoms with E-state index < -0.39 is 0 Å². The quantitative estimate of drug-likeness (QED) is 0.847. The fourth-order valence-corrected chi connectivity index (χ4v) is 2.70. The SMILES string of the molecule is C[C@H](CCN1CCN(CCO)CC1)c1ccccc1. The van der Waals surface area contributed by atoms with Gasteiger partial charge in [-0.2, -0.15) is 0 Å².